The Labute approximate surface area is 199 Å². The maximum absolute atomic E-state index is 13.2. The van der Waals surface area contributed by atoms with Crippen LogP contribution < -0.4 is 14.8 Å². The molecule has 0 saturated carbocycles. The molecule has 0 fully saturated rings. The second-order valence-electron chi connectivity index (χ2n) is 8.38. The van der Waals surface area contributed by atoms with E-state index >= 15 is 0 Å². The molecule has 0 radical (unpaired) electrons. The molecule has 0 saturated heterocycles. The van der Waals surface area contributed by atoms with Crippen molar-refractivity contribution in [1.29, 1.82) is 0 Å². The van der Waals surface area contributed by atoms with E-state index in [0.717, 1.165) is 0 Å². The van der Waals surface area contributed by atoms with Crippen molar-refractivity contribution in [2.45, 2.75) is 52.2 Å². The molecule has 2 aromatic rings. The molecule has 0 aliphatic heterocycles. The number of methoxy groups -OCH3 is 1. The van der Waals surface area contributed by atoms with E-state index in [1.54, 1.807) is 49.6 Å². The first-order chi connectivity index (χ1) is 15.0. The average molecular weight is 481 g/mol. The van der Waals surface area contributed by atoms with Crippen molar-refractivity contribution in [3.63, 3.8) is 0 Å². The van der Waals surface area contributed by atoms with Crippen LogP contribution in [0.5, 0.6) is 11.5 Å². The van der Waals surface area contributed by atoms with Crippen LogP contribution in [0, 0.1) is 0 Å². The monoisotopic (exact) mass is 480 g/mol. The lowest BCUT2D eigenvalue weighted by atomic mass is 10.1. The van der Waals surface area contributed by atoms with Gasteiger partial charge in [-0.2, -0.15) is 0 Å². The van der Waals surface area contributed by atoms with Gasteiger partial charge in [0.15, 0.2) is 6.61 Å². The predicted molar refractivity (Wildman–Crippen MR) is 127 cm³/mol. The molecule has 174 valence electrons. The zero-order valence-corrected chi connectivity index (χ0v) is 20.6. The Morgan fingerprint density at radius 1 is 1.06 bits per heavy atom. The first-order valence-electron chi connectivity index (χ1n) is 10.4. The number of rotatable bonds is 9. The molecule has 0 heterocycles. The van der Waals surface area contributed by atoms with Gasteiger partial charge in [-0.15, -0.1) is 0 Å². The van der Waals surface area contributed by atoms with Crippen molar-refractivity contribution in [1.82, 2.24) is 10.2 Å². The van der Waals surface area contributed by atoms with Crippen LogP contribution >= 0.6 is 23.2 Å². The SMILES string of the molecule is CCC(C(=O)NC(C)(C)C)N(Cc1ccc(Cl)cc1Cl)C(=O)COc1ccc(OC)cc1. The van der Waals surface area contributed by atoms with Crippen molar-refractivity contribution in [2.24, 2.45) is 0 Å². The molecule has 6 nitrogen and oxygen atoms in total. The molecule has 8 heteroatoms. The van der Waals surface area contributed by atoms with Gasteiger partial charge in [-0.25, -0.2) is 0 Å². The van der Waals surface area contributed by atoms with E-state index in [4.69, 9.17) is 32.7 Å². The number of nitrogens with one attached hydrogen (secondary N) is 1. The molecule has 2 aromatic carbocycles. The van der Waals surface area contributed by atoms with E-state index in [-0.39, 0.29) is 25.0 Å². The Balaban J connectivity index is 2.25. The van der Waals surface area contributed by atoms with Crippen molar-refractivity contribution >= 4 is 35.0 Å². The smallest absolute Gasteiger partial charge is 0.261 e. The minimum absolute atomic E-state index is 0.150. The summed E-state index contributed by atoms with van der Waals surface area (Å²) in [6.45, 7) is 7.47. The van der Waals surface area contributed by atoms with Crippen LogP contribution in [0.3, 0.4) is 0 Å². The topological polar surface area (TPSA) is 67.9 Å². The lowest BCUT2D eigenvalue weighted by Crippen LogP contribution is -2.54. The fraction of sp³-hybridized carbons (Fsp3) is 0.417. The number of amides is 2. The number of hydrogen-bond donors (Lipinski definition) is 1. The van der Waals surface area contributed by atoms with Crippen LogP contribution in [0.4, 0.5) is 0 Å². The third-order valence-electron chi connectivity index (χ3n) is 4.66. The molecule has 1 atom stereocenters. The molecular formula is C24H30Cl2N2O4. The second-order valence-corrected chi connectivity index (χ2v) is 9.23. The average Bonchev–Trinajstić information content (AvgIpc) is 2.72. The Hall–Kier alpha value is -2.44. The first-order valence-corrected chi connectivity index (χ1v) is 11.1. The molecule has 2 rings (SSSR count). The van der Waals surface area contributed by atoms with Gasteiger partial charge in [0, 0.05) is 22.1 Å². The lowest BCUT2D eigenvalue weighted by molar-refractivity contribution is -0.143. The highest BCUT2D eigenvalue weighted by Crippen LogP contribution is 2.24. The normalized spacial score (nSPS) is 12.1. The summed E-state index contributed by atoms with van der Waals surface area (Å²) in [5.41, 5.74) is 0.257. The minimum Gasteiger partial charge on any atom is -0.497 e. The summed E-state index contributed by atoms with van der Waals surface area (Å²) in [4.78, 5) is 27.7. The van der Waals surface area contributed by atoms with Crippen molar-refractivity contribution in [2.75, 3.05) is 13.7 Å². The third kappa shape index (κ3) is 7.61. The summed E-state index contributed by atoms with van der Waals surface area (Å²) in [5.74, 6) is 0.647. The maximum atomic E-state index is 13.2. The van der Waals surface area contributed by atoms with Crippen molar-refractivity contribution < 1.29 is 19.1 Å². The summed E-state index contributed by atoms with van der Waals surface area (Å²) < 4.78 is 10.8. The van der Waals surface area contributed by atoms with Gasteiger partial charge in [-0.05, 0) is 69.2 Å². The Morgan fingerprint density at radius 3 is 2.22 bits per heavy atom. The summed E-state index contributed by atoms with van der Waals surface area (Å²) >= 11 is 12.4. The molecule has 1 N–H and O–H groups in total. The Bertz CT molecular complexity index is 927. The fourth-order valence-corrected chi connectivity index (χ4v) is 3.57. The van der Waals surface area contributed by atoms with Gasteiger partial charge in [-0.3, -0.25) is 9.59 Å². The van der Waals surface area contributed by atoms with Gasteiger partial charge in [0.1, 0.15) is 17.5 Å². The van der Waals surface area contributed by atoms with Crippen LogP contribution in [0.25, 0.3) is 0 Å². The number of ether oxygens (including phenoxy) is 2. The van der Waals surface area contributed by atoms with Crippen LogP contribution in [0.1, 0.15) is 39.7 Å². The number of nitrogens with zero attached hydrogens (tertiary/aromatic N) is 1. The van der Waals surface area contributed by atoms with Crippen molar-refractivity contribution in [3.05, 3.63) is 58.1 Å². The van der Waals surface area contributed by atoms with Crippen LogP contribution in [0.15, 0.2) is 42.5 Å². The van der Waals surface area contributed by atoms with Gasteiger partial charge in [0.25, 0.3) is 5.91 Å². The number of halogens is 2. The number of benzene rings is 2. The third-order valence-corrected chi connectivity index (χ3v) is 5.25. The largest absolute Gasteiger partial charge is 0.497 e. The summed E-state index contributed by atoms with van der Waals surface area (Å²) in [7, 11) is 1.58. The number of carbonyl (C=O) groups excluding carboxylic acids is 2. The highest BCUT2D eigenvalue weighted by Gasteiger charge is 2.31. The minimum atomic E-state index is -0.687. The standard InChI is InChI=1S/C24H30Cl2N2O4/c1-6-21(23(30)27-24(2,3)4)28(14-16-7-8-17(25)13-20(16)26)22(29)15-32-19-11-9-18(31-5)10-12-19/h7-13,21H,6,14-15H2,1-5H3,(H,27,30). The number of carbonyl (C=O) groups is 2. The highest BCUT2D eigenvalue weighted by molar-refractivity contribution is 6.35. The lowest BCUT2D eigenvalue weighted by Gasteiger charge is -2.33. The highest BCUT2D eigenvalue weighted by atomic mass is 35.5. The molecule has 32 heavy (non-hydrogen) atoms. The molecule has 0 aliphatic carbocycles. The van der Waals surface area contributed by atoms with Crippen LogP contribution in [-0.4, -0.2) is 42.0 Å². The van der Waals surface area contributed by atoms with Gasteiger partial charge in [0.2, 0.25) is 5.91 Å². The quantitative estimate of drug-likeness (QED) is 0.541. The number of hydrogen-bond acceptors (Lipinski definition) is 4. The van der Waals surface area contributed by atoms with Gasteiger partial charge < -0.3 is 19.7 Å². The maximum Gasteiger partial charge on any atom is 0.261 e. The molecular weight excluding hydrogens is 451 g/mol. The molecule has 0 aliphatic rings. The summed E-state index contributed by atoms with van der Waals surface area (Å²) in [6.07, 6.45) is 0.432. The molecule has 0 aromatic heterocycles. The van der Waals surface area contributed by atoms with E-state index in [1.165, 1.54) is 4.90 Å². The fourth-order valence-electron chi connectivity index (χ4n) is 3.11. The van der Waals surface area contributed by atoms with Crippen LogP contribution in [0.2, 0.25) is 10.0 Å². The van der Waals surface area contributed by atoms with E-state index in [2.05, 4.69) is 5.32 Å². The summed E-state index contributed by atoms with van der Waals surface area (Å²) in [5, 5.41) is 3.89. The Morgan fingerprint density at radius 2 is 1.69 bits per heavy atom. The van der Waals surface area contributed by atoms with Crippen molar-refractivity contribution in [3.8, 4) is 11.5 Å². The molecule has 0 spiro atoms. The van der Waals surface area contributed by atoms with E-state index < -0.39 is 11.6 Å². The van der Waals surface area contributed by atoms with Gasteiger partial charge in [-0.1, -0.05) is 36.2 Å². The zero-order chi connectivity index (χ0) is 23.9. The van der Waals surface area contributed by atoms with Gasteiger partial charge in [0.05, 0.1) is 7.11 Å². The molecule has 2 amide bonds. The zero-order valence-electron chi connectivity index (χ0n) is 19.1. The van der Waals surface area contributed by atoms with Crippen LogP contribution in [-0.2, 0) is 16.1 Å². The summed E-state index contributed by atoms with van der Waals surface area (Å²) in [6, 6.07) is 11.3. The van der Waals surface area contributed by atoms with E-state index in [1.807, 2.05) is 27.7 Å². The predicted octanol–water partition coefficient (Wildman–Crippen LogP) is 5.10. The van der Waals surface area contributed by atoms with E-state index in [0.29, 0.717) is 33.5 Å². The Kier molecular flexibility index (Phi) is 9.22. The molecule has 0 bridgehead atoms. The van der Waals surface area contributed by atoms with E-state index in [9.17, 15) is 9.59 Å². The first kappa shape index (κ1) is 25.8. The molecule has 1 unspecified atom stereocenters. The van der Waals surface area contributed by atoms with Gasteiger partial charge >= 0.3 is 0 Å². The second kappa shape index (κ2) is 11.4.